The number of rotatable bonds is 26. The van der Waals surface area contributed by atoms with Gasteiger partial charge in [-0.2, -0.15) is 0 Å². The summed E-state index contributed by atoms with van der Waals surface area (Å²) in [5, 5.41) is 8.60. The molecule has 2 nitrogen and oxygen atoms in total. The summed E-state index contributed by atoms with van der Waals surface area (Å²) in [6.07, 6.45) is 40.0. The molecule has 0 heterocycles. The predicted molar refractivity (Wildman–Crippen MR) is 142 cm³/mol. The molecule has 2 heteroatoms. The lowest BCUT2D eigenvalue weighted by Crippen LogP contribution is -1.93. The van der Waals surface area contributed by atoms with Crippen LogP contribution in [0.25, 0.3) is 0 Å². The monoisotopic (exact) mass is 448 g/mol. The van der Waals surface area contributed by atoms with Crippen LogP contribution in [-0.2, 0) is 4.79 Å². The van der Waals surface area contributed by atoms with Gasteiger partial charge < -0.3 is 5.11 Å². The van der Waals surface area contributed by atoms with E-state index >= 15 is 0 Å². The fourth-order valence-corrected chi connectivity index (χ4v) is 4.21. The van der Waals surface area contributed by atoms with E-state index in [1.807, 2.05) is 0 Å². The van der Waals surface area contributed by atoms with E-state index in [0.717, 1.165) is 19.3 Å². The number of carboxylic acid groups (broad SMARTS) is 1. The van der Waals surface area contributed by atoms with Gasteiger partial charge in [0.05, 0.1) is 0 Å². The Morgan fingerprint density at radius 2 is 0.844 bits per heavy atom. The number of carbonyl (C=O) groups is 1. The standard InChI is InChI=1S/C30H56O2/c1-2-3-4-5-6-7-8-9-10-11-12-13-14-15-16-17-18-19-20-21-22-23-24-25-26-27-28-29-30(31)32/h8-9,11-12H,2-7,10,13-29H2,1H3,(H,31,32)/b9-8-,12-11-. The average Bonchev–Trinajstić information content (AvgIpc) is 2.78. The number of hydrogen-bond donors (Lipinski definition) is 1. The SMILES string of the molecule is CCCCCCC/C=C\C/C=C\CCCCCCCCCCCCCCCCCC(=O)O. The molecule has 0 aromatic carbocycles. The fraction of sp³-hybridized carbons (Fsp3) is 0.833. The van der Waals surface area contributed by atoms with Gasteiger partial charge >= 0.3 is 5.97 Å². The van der Waals surface area contributed by atoms with E-state index in [2.05, 4.69) is 31.2 Å². The Hall–Kier alpha value is -1.05. The third kappa shape index (κ3) is 28.9. The van der Waals surface area contributed by atoms with Gasteiger partial charge in [-0.1, -0.05) is 140 Å². The molecule has 1 N–H and O–H groups in total. The van der Waals surface area contributed by atoms with Crippen LogP contribution in [0.15, 0.2) is 24.3 Å². The Balaban J connectivity index is 3.13. The van der Waals surface area contributed by atoms with Gasteiger partial charge in [0.15, 0.2) is 0 Å². The molecule has 0 spiro atoms. The van der Waals surface area contributed by atoms with Crippen molar-refractivity contribution in [2.45, 2.75) is 161 Å². The summed E-state index contributed by atoms with van der Waals surface area (Å²) in [5.41, 5.74) is 0. The number of aliphatic carboxylic acids is 1. The van der Waals surface area contributed by atoms with Gasteiger partial charge in [0.2, 0.25) is 0 Å². The van der Waals surface area contributed by atoms with Crippen LogP contribution in [0.2, 0.25) is 0 Å². The van der Waals surface area contributed by atoms with Crippen molar-refractivity contribution in [2.24, 2.45) is 0 Å². The quantitative estimate of drug-likeness (QED) is 0.105. The van der Waals surface area contributed by atoms with Crippen molar-refractivity contribution >= 4 is 5.97 Å². The number of allylic oxidation sites excluding steroid dienone is 4. The second kappa shape index (κ2) is 28.0. The van der Waals surface area contributed by atoms with E-state index in [9.17, 15) is 4.79 Å². The van der Waals surface area contributed by atoms with Crippen molar-refractivity contribution in [3.63, 3.8) is 0 Å². The topological polar surface area (TPSA) is 37.3 Å². The van der Waals surface area contributed by atoms with Crippen LogP contribution in [0.5, 0.6) is 0 Å². The molecule has 32 heavy (non-hydrogen) atoms. The van der Waals surface area contributed by atoms with Crippen LogP contribution in [0.1, 0.15) is 161 Å². The molecule has 0 aliphatic rings. The summed E-state index contributed by atoms with van der Waals surface area (Å²) >= 11 is 0. The molecular weight excluding hydrogens is 392 g/mol. The molecule has 0 unspecified atom stereocenters. The van der Waals surface area contributed by atoms with Crippen molar-refractivity contribution in [2.75, 3.05) is 0 Å². The Kier molecular flexibility index (Phi) is 27.1. The summed E-state index contributed by atoms with van der Waals surface area (Å²) in [6, 6.07) is 0. The Labute approximate surface area is 201 Å². The zero-order valence-electron chi connectivity index (χ0n) is 21.6. The summed E-state index contributed by atoms with van der Waals surface area (Å²) in [7, 11) is 0. The second-order valence-corrected chi connectivity index (χ2v) is 9.62. The number of hydrogen-bond acceptors (Lipinski definition) is 1. The summed E-state index contributed by atoms with van der Waals surface area (Å²) < 4.78 is 0. The van der Waals surface area contributed by atoms with Crippen LogP contribution in [0.3, 0.4) is 0 Å². The van der Waals surface area contributed by atoms with Crippen LogP contribution < -0.4 is 0 Å². The van der Waals surface area contributed by atoms with Crippen LogP contribution in [0, 0.1) is 0 Å². The molecule has 0 amide bonds. The van der Waals surface area contributed by atoms with Gasteiger partial charge in [0.1, 0.15) is 0 Å². The van der Waals surface area contributed by atoms with E-state index in [1.165, 1.54) is 128 Å². The second-order valence-electron chi connectivity index (χ2n) is 9.62. The lowest BCUT2D eigenvalue weighted by Gasteiger charge is -2.03. The zero-order valence-corrected chi connectivity index (χ0v) is 21.6. The van der Waals surface area contributed by atoms with Gasteiger partial charge in [0.25, 0.3) is 0 Å². The highest BCUT2D eigenvalue weighted by Gasteiger charge is 1.97. The first-order valence-corrected chi connectivity index (χ1v) is 14.3. The highest BCUT2D eigenvalue weighted by molar-refractivity contribution is 5.66. The first-order valence-electron chi connectivity index (χ1n) is 14.3. The molecule has 0 aromatic heterocycles. The minimum Gasteiger partial charge on any atom is -0.481 e. The third-order valence-corrected chi connectivity index (χ3v) is 6.34. The Morgan fingerprint density at radius 3 is 1.22 bits per heavy atom. The highest BCUT2D eigenvalue weighted by atomic mass is 16.4. The van der Waals surface area contributed by atoms with Crippen molar-refractivity contribution < 1.29 is 9.90 Å². The third-order valence-electron chi connectivity index (χ3n) is 6.34. The van der Waals surface area contributed by atoms with Gasteiger partial charge in [0, 0.05) is 6.42 Å². The van der Waals surface area contributed by atoms with E-state index in [-0.39, 0.29) is 0 Å². The minimum absolute atomic E-state index is 0.342. The largest absolute Gasteiger partial charge is 0.481 e. The minimum atomic E-state index is -0.653. The number of carboxylic acids is 1. The molecular formula is C30H56O2. The molecule has 0 aromatic rings. The smallest absolute Gasteiger partial charge is 0.303 e. The molecule has 0 rings (SSSR count). The summed E-state index contributed by atoms with van der Waals surface area (Å²) in [6.45, 7) is 2.27. The predicted octanol–water partition coefficient (Wildman–Crippen LogP) is 10.6. The fourth-order valence-electron chi connectivity index (χ4n) is 4.21. The first kappa shape index (κ1) is 30.9. The zero-order chi connectivity index (χ0) is 23.4. The van der Waals surface area contributed by atoms with E-state index in [1.54, 1.807) is 0 Å². The lowest BCUT2D eigenvalue weighted by atomic mass is 10.0. The van der Waals surface area contributed by atoms with Crippen molar-refractivity contribution in [3.05, 3.63) is 24.3 Å². The average molecular weight is 449 g/mol. The summed E-state index contributed by atoms with van der Waals surface area (Å²) in [4.78, 5) is 10.4. The van der Waals surface area contributed by atoms with Crippen molar-refractivity contribution in [3.8, 4) is 0 Å². The maximum absolute atomic E-state index is 10.4. The Morgan fingerprint density at radius 1 is 0.500 bits per heavy atom. The van der Waals surface area contributed by atoms with E-state index < -0.39 is 5.97 Å². The normalized spacial score (nSPS) is 11.8. The molecule has 0 aliphatic carbocycles. The Bertz CT molecular complexity index is 425. The molecule has 0 fully saturated rings. The van der Waals surface area contributed by atoms with Gasteiger partial charge in [-0.25, -0.2) is 0 Å². The molecule has 0 saturated heterocycles. The highest BCUT2D eigenvalue weighted by Crippen LogP contribution is 2.14. The maximum atomic E-state index is 10.4. The molecule has 0 radical (unpaired) electrons. The molecule has 0 atom stereocenters. The maximum Gasteiger partial charge on any atom is 0.303 e. The van der Waals surface area contributed by atoms with E-state index in [0.29, 0.717) is 6.42 Å². The van der Waals surface area contributed by atoms with Crippen molar-refractivity contribution in [1.29, 1.82) is 0 Å². The number of unbranched alkanes of at least 4 members (excludes halogenated alkanes) is 20. The van der Waals surface area contributed by atoms with Gasteiger partial charge in [-0.3, -0.25) is 4.79 Å². The van der Waals surface area contributed by atoms with Gasteiger partial charge in [-0.15, -0.1) is 0 Å². The van der Waals surface area contributed by atoms with Gasteiger partial charge in [-0.05, 0) is 38.5 Å². The van der Waals surface area contributed by atoms with Crippen LogP contribution >= 0.6 is 0 Å². The molecule has 0 saturated carbocycles. The summed E-state index contributed by atoms with van der Waals surface area (Å²) in [5.74, 6) is -0.653. The van der Waals surface area contributed by atoms with E-state index in [4.69, 9.17) is 5.11 Å². The lowest BCUT2D eigenvalue weighted by molar-refractivity contribution is -0.137. The molecule has 0 bridgehead atoms. The molecule has 188 valence electrons. The van der Waals surface area contributed by atoms with Crippen LogP contribution in [-0.4, -0.2) is 11.1 Å². The van der Waals surface area contributed by atoms with Crippen LogP contribution in [0.4, 0.5) is 0 Å². The first-order chi connectivity index (χ1) is 15.8. The molecule has 0 aliphatic heterocycles. The van der Waals surface area contributed by atoms with Crippen molar-refractivity contribution in [1.82, 2.24) is 0 Å².